The summed E-state index contributed by atoms with van der Waals surface area (Å²) in [6.45, 7) is 0. The molecule has 6 heteroatoms. The first-order valence-corrected chi connectivity index (χ1v) is 5.14. The number of nitrogens with zero attached hydrogens (tertiary/aromatic N) is 1. The van der Waals surface area contributed by atoms with Gasteiger partial charge in [-0.05, 0) is 16.8 Å². The van der Waals surface area contributed by atoms with E-state index < -0.39 is 4.52 Å². The van der Waals surface area contributed by atoms with Gasteiger partial charge in [-0.1, -0.05) is 59.6 Å². The highest BCUT2D eigenvalue weighted by atomic mass is 35.5. The summed E-state index contributed by atoms with van der Waals surface area (Å²) in [6, 6.07) is 9.46. The molecule has 0 saturated heterocycles. The van der Waals surface area contributed by atoms with Gasteiger partial charge in [-0.2, -0.15) is 0 Å². The van der Waals surface area contributed by atoms with Gasteiger partial charge in [0.05, 0.1) is 0 Å². The smallest absolute Gasteiger partial charge is 0.304 e. The Morgan fingerprint density at radius 2 is 1.88 bits per heavy atom. The van der Waals surface area contributed by atoms with Crippen LogP contribution in [0.3, 0.4) is 0 Å². The lowest BCUT2D eigenvalue weighted by Crippen LogP contribution is -2.24. The average molecular weight is 260 g/mol. The molecule has 16 heavy (non-hydrogen) atoms. The largest absolute Gasteiger partial charge is 0.367 e. The van der Waals surface area contributed by atoms with Crippen LogP contribution in [0, 0.1) is 0 Å². The van der Waals surface area contributed by atoms with Crippen molar-refractivity contribution in [1.82, 2.24) is 0 Å². The minimum atomic E-state index is -1.60. The van der Waals surface area contributed by atoms with E-state index in [0.29, 0.717) is 0 Å². The lowest BCUT2D eigenvalue weighted by molar-refractivity contribution is 0.118. The van der Waals surface area contributed by atoms with E-state index in [9.17, 15) is 0 Å². The number of guanidine groups is 1. The topological polar surface area (TPSA) is 73.6 Å². The monoisotopic (exact) mass is 259 g/mol. The van der Waals surface area contributed by atoms with Gasteiger partial charge in [0, 0.05) is 0 Å². The van der Waals surface area contributed by atoms with E-state index in [0.717, 1.165) is 5.56 Å². The quantitative estimate of drug-likeness (QED) is 0.376. The summed E-state index contributed by atoms with van der Waals surface area (Å²) in [7, 11) is 0. The van der Waals surface area contributed by atoms with Crippen LogP contribution in [0.5, 0.6) is 0 Å². The van der Waals surface area contributed by atoms with Crippen LogP contribution in [0.2, 0.25) is 0 Å². The van der Waals surface area contributed by atoms with Gasteiger partial charge < -0.3 is 16.3 Å². The molecule has 0 fully saturated rings. The van der Waals surface area contributed by atoms with Crippen molar-refractivity contribution in [2.75, 3.05) is 0 Å². The van der Waals surface area contributed by atoms with Crippen molar-refractivity contribution in [1.29, 1.82) is 0 Å². The zero-order valence-electron chi connectivity index (χ0n) is 8.31. The second-order valence-electron chi connectivity index (χ2n) is 2.91. The molecule has 0 amide bonds. The number of benzene rings is 1. The standard InChI is InChI=1S/C10H11Cl2N3O/c11-10(12,16-15-9(13)14)7-6-8-4-2-1-3-5-8/h1-7H,(H4,13,14,15)/b7-6+. The first-order valence-electron chi connectivity index (χ1n) is 4.39. The number of oxime groups is 1. The van der Waals surface area contributed by atoms with Gasteiger partial charge in [0.2, 0.25) is 5.96 Å². The fourth-order valence-corrected chi connectivity index (χ4v) is 1.10. The van der Waals surface area contributed by atoms with Crippen molar-refractivity contribution in [2.45, 2.75) is 4.52 Å². The maximum atomic E-state index is 5.77. The highest BCUT2D eigenvalue weighted by Gasteiger charge is 2.21. The number of halogens is 2. The molecule has 86 valence electrons. The maximum absolute atomic E-state index is 5.77. The number of nitrogens with two attached hydrogens (primary N) is 2. The van der Waals surface area contributed by atoms with Gasteiger partial charge in [-0.3, -0.25) is 0 Å². The van der Waals surface area contributed by atoms with Gasteiger partial charge in [-0.15, -0.1) is 0 Å². The predicted molar refractivity (Wildman–Crippen MR) is 66.8 cm³/mol. The first-order chi connectivity index (χ1) is 7.49. The third-order valence-corrected chi connectivity index (χ3v) is 1.93. The van der Waals surface area contributed by atoms with Crippen LogP contribution in [-0.4, -0.2) is 10.5 Å². The van der Waals surface area contributed by atoms with E-state index in [1.54, 1.807) is 6.08 Å². The molecule has 0 aliphatic rings. The molecular weight excluding hydrogens is 249 g/mol. The van der Waals surface area contributed by atoms with Gasteiger partial charge in [0.1, 0.15) is 0 Å². The lowest BCUT2D eigenvalue weighted by Gasteiger charge is -2.11. The van der Waals surface area contributed by atoms with Gasteiger partial charge in [0.25, 0.3) is 0 Å². The lowest BCUT2D eigenvalue weighted by atomic mass is 10.2. The summed E-state index contributed by atoms with van der Waals surface area (Å²) < 4.78 is -1.60. The number of rotatable bonds is 4. The Hall–Kier alpha value is -1.39. The van der Waals surface area contributed by atoms with E-state index in [1.165, 1.54) is 6.08 Å². The molecule has 0 heterocycles. The fraction of sp³-hybridized carbons (Fsp3) is 0.100. The third kappa shape index (κ3) is 4.91. The molecule has 0 unspecified atom stereocenters. The fourth-order valence-electron chi connectivity index (χ4n) is 0.901. The normalized spacial score (nSPS) is 11.4. The summed E-state index contributed by atoms with van der Waals surface area (Å²) >= 11 is 11.5. The minimum Gasteiger partial charge on any atom is -0.367 e. The summed E-state index contributed by atoms with van der Waals surface area (Å²) in [6.07, 6.45) is 3.13. The van der Waals surface area contributed by atoms with Gasteiger partial charge in [-0.25, -0.2) is 0 Å². The molecule has 0 atom stereocenters. The van der Waals surface area contributed by atoms with Crippen molar-refractivity contribution in [3.05, 3.63) is 42.0 Å². The zero-order chi connectivity index (χ0) is 12.0. The third-order valence-electron chi connectivity index (χ3n) is 1.54. The molecule has 0 aliphatic carbocycles. The van der Waals surface area contributed by atoms with Crippen LogP contribution in [0.25, 0.3) is 6.08 Å². The minimum absolute atomic E-state index is 0.251. The zero-order valence-corrected chi connectivity index (χ0v) is 9.82. The highest BCUT2D eigenvalue weighted by Crippen LogP contribution is 2.25. The SMILES string of the molecule is NC(N)=NOC(Cl)(Cl)/C=C/c1ccccc1. The van der Waals surface area contributed by atoms with Crippen LogP contribution in [0.15, 0.2) is 41.6 Å². The van der Waals surface area contributed by atoms with E-state index in [2.05, 4.69) is 5.16 Å². The van der Waals surface area contributed by atoms with Crippen molar-refractivity contribution in [3.8, 4) is 0 Å². The maximum Gasteiger partial charge on any atom is 0.304 e. The Labute approximate surface area is 103 Å². The first kappa shape index (κ1) is 12.7. The Morgan fingerprint density at radius 1 is 1.25 bits per heavy atom. The molecule has 1 rings (SSSR count). The van der Waals surface area contributed by atoms with E-state index >= 15 is 0 Å². The Kier molecular flexibility index (Phi) is 4.46. The van der Waals surface area contributed by atoms with Gasteiger partial charge in [0.15, 0.2) is 0 Å². The number of hydrogen-bond donors (Lipinski definition) is 2. The Bertz CT molecular complexity index is 386. The molecular formula is C10H11Cl2N3O. The second kappa shape index (κ2) is 5.63. The molecule has 4 nitrogen and oxygen atoms in total. The van der Waals surface area contributed by atoms with Crippen LogP contribution >= 0.6 is 23.2 Å². The highest BCUT2D eigenvalue weighted by molar-refractivity contribution is 6.48. The van der Waals surface area contributed by atoms with Crippen molar-refractivity contribution in [2.24, 2.45) is 16.6 Å². The molecule has 0 aromatic heterocycles. The molecule has 0 aliphatic heterocycles. The van der Waals surface area contributed by atoms with Crippen molar-refractivity contribution < 1.29 is 4.84 Å². The molecule has 4 N–H and O–H groups in total. The predicted octanol–water partition coefficient (Wildman–Crippen LogP) is 2.04. The summed E-state index contributed by atoms with van der Waals surface area (Å²) in [5.74, 6) is -0.251. The summed E-state index contributed by atoms with van der Waals surface area (Å²) in [5, 5.41) is 3.27. The molecule has 0 spiro atoms. The van der Waals surface area contributed by atoms with E-state index in [-0.39, 0.29) is 5.96 Å². The molecule has 0 bridgehead atoms. The van der Waals surface area contributed by atoms with Crippen molar-refractivity contribution in [3.63, 3.8) is 0 Å². The number of hydrogen-bond acceptors (Lipinski definition) is 2. The second-order valence-corrected chi connectivity index (χ2v) is 4.23. The molecule has 1 aromatic rings. The van der Waals surface area contributed by atoms with E-state index in [1.807, 2.05) is 30.3 Å². The molecule has 0 saturated carbocycles. The summed E-state index contributed by atoms with van der Waals surface area (Å²) in [5.41, 5.74) is 11.1. The molecule has 0 radical (unpaired) electrons. The van der Waals surface area contributed by atoms with Crippen molar-refractivity contribution >= 4 is 35.2 Å². The Morgan fingerprint density at radius 3 is 2.44 bits per heavy atom. The Balaban J connectivity index is 2.65. The van der Waals surface area contributed by atoms with Crippen LogP contribution in [-0.2, 0) is 4.84 Å². The van der Waals surface area contributed by atoms with Crippen LogP contribution in [0.1, 0.15) is 5.56 Å². The molecule has 1 aromatic carbocycles. The van der Waals surface area contributed by atoms with Crippen LogP contribution < -0.4 is 11.5 Å². The van der Waals surface area contributed by atoms with Gasteiger partial charge >= 0.3 is 4.52 Å². The van der Waals surface area contributed by atoms with E-state index in [4.69, 9.17) is 39.5 Å². The van der Waals surface area contributed by atoms with Crippen LogP contribution in [0.4, 0.5) is 0 Å². The summed E-state index contributed by atoms with van der Waals surface area (Å²) in [4.78, 5) is 4.69. The average Bonchev–Trinajstić information content (AvgIpc) is 2.26. The number of alkyl halides is 2.